The molecule has 0 aliphatic carbocycles. The molecule has 4 aromatic carbocycles. The zero-order chi connectivity index (χ0) is 27.1. The minimum absolute atomic E-state index is 0.271. The second kappa shape index (κ2) is 10.1. The molecule has 6 rings (SSSR count). The van der Waals surface area contributed by atoms with E-state index in [2.05, 4.69) is 37.0 Å². The fraction of sp³-hybridized carbons (Fsp3) is 0.147. The first-order chi connectivity index (χ1) is 18.9. The van der Waals surface area contributed by atoms with Crippen molar-refractivity contribution in [3.63, 3.8) is 0 Å². The van der Waals surface area contributed by atoms with Crippen LogP contribution in [0.2, 0.25) is 0 Å². The smallest absolute Gasteiger partial charge is 0.194 e. The van der Waals surface area contributed by atoms with Crippen LogP contribution >= 0.6 is 0 Å². The highest BCUT2D eigenvalue weighted by Crippen LogP contribution is 2.36. The predicted molar refractivity (Wildman–Crippen MR) is 151 cm³/mol. The van der Waals surface area contributed by atoms with Crippen LogP contribution in [0.5, 0.6) is 0 Å². The third kappa shape index (κ3) is 4.59. The fourth-order valence-corrected chi connectivity index (χ4v) is 5.34. The van der Waals surface area contributed by atoms with Crippen LogP contribution in [0.15, 0.2) is 95.5 Å². The van der Waals surface area contributed by atoms with E-state index in [0.717, 1.165) is 69.3 Å². The molecule has 0 saturated heterocycles. The summed E-state index contributed by atoms with van der Waals surface area (Å²) in [7, 11) is 0. The highest BCUT2D eigenvalue weighted by molar-refractivity contribution is 6.07. The molecule has 6 aromatic rings. The molecule has 0 amide bonds. The minimum atomic E-state index is -1.47. The normalized spacial score (nSPS) is 11.6. The monoisotopic (exact) mass is 521 g/mol. The molecule has 194 valence electrons. The molecule has 0 atom stereocenters. The van der Waals surface area contributed by atoms with Crippen LogP contribution in [0.1, 0.15) is 38.2 Å². The molecule has 0 unspecified atom stereocenters. The molecule has 0 saturated carbocycles. The zero-order valence-corrected chi connectivity index (χ0v) is 21.6. The Morgan fingerprint density at radius 1 is 0.641 bits per heavy atom. The lowest BCUT2D eigenvalue weighted by Crippen LogP contribution is -1.96. The molecule has 2 aromatic heterocycles. The maximum absolute atomic E-state index is 13.8. The van der Waals surface area contributed by atoms with Crippen molar-refractivity contribution in [2.75, 3.05) is 0 Å². The molecule has 0 spiro atoms. The van der Waals surface area contributed by atoms with Crippen molar-refractivity contribution < 1.29 is 17.6 Å². The minimum Gasteiger partial charge on any atom is -0.456 e. The van der Waals surface area contributed by atoms with Crippen molar-refractivity contribution in [3.05, 3.63) is 114 Å². The van der Waals surface area contributed by atoms with Gasteiger partial charge in [-0.25, -0.2) is 13.2 Å². The maximum atomic E-state index is 13.8. The van der Waals surface area contributed by atoms with E-state index >= 15 is 0 Å². The Labute approximate surface area is 224 Å². The Bertz CT molecular complexity index is 1810. The first-order valence-corrected chi connectivity index (χ1v) is 13.1. The van der Waals surface area contributed by atoms with Crippen LogP contribution in [0, 0.1) is 17.5 Å². The summed E-state index contributed by atoms with van der Waals surface area (Å²) < 4.78 is 47.3. The molecule has 0 aliphatic rings. The molecular weight excluding hydrogens is 495 g/mol. The van der Waals surface area contributed by atoms with Crippen LogP contribution in [-0.2, 0) is 0 Å². The number of aromatic nitrogens is 1. The number of benzene rings is 4. The van der Waals surface area contributed by atoms with E-state index in [4.69, 9.17) is 4.42 Å². The average Bonchev–Trinajstić information content (AvgIpc) is 3.33. The Morgan fingerprint density at radius 2 is 1.33 bits per heavy atom. The van der Waals surface area contributed by atoms with Crippen molar-refractivity contribution >= 4 is 21.9 Å². The second-order valence-electron chi connectivity index (χ2n) is 9.85. The number of pyridine rings is 1. The van der Waals surface area contributed by atoms with Gasteiger partial charge in [-0.05, 0) is 107 Å². The summed E-state index contributed by atoms with van der Waals surface area (Å²) in [5, 5.41) is 2.00. The summed E-state index contributed by atoms with van der Waals surface area (Å²) in [6.07, 6.45) is 4.07. The molecule has 0 N–H and O–H groups in total. The fourth-order valence-electron chi connectivity index (χ4n) is 5.34. The third-order valence-corrected chi connectivity index (χ3v) is 7.52. The maximum Gasteiger partial charge on any atom is 0.194 e. The highest BCUT2D eigenvalue weighted by Gasteiger charge is 2.14. The first-order valence-electron chi connectivity index (χ1n) is 13.1. The highest BCUT2D eigenvalue weighted by atomic mass is 19.2. The molecule has 0 bridgehead atoms. The molecule has 0 fully saturated rings. The summed E-state index contributed by atoms with van der Waals surface area (Å²) >= 11 is 0. The summed E-state index contributed by atoms with van der Waals surface area (Å²) in [5.74, 6) is -3.38. The quantitative estimate of drug-likeness (QED) is 0.204. The lowest BCUT2D eigenvalue weighted by atomic mass is 9.93. The van der Waals surface area contributed by atoms with Gasteiger partial charge < -0.3 is 4.42 Å². The van der Waals surface area contributed by atoms with Crippen molar-refractivity contribution in [3.8, 4) is 33.5 Å². The van der Waals surface area contributed by atoms with Gasteiger partial charge in [0.15, 0.2) is 17.5 Å². The lowest BCUT2D eigenvalue weighted by molar-refractivity contribution is 0.448. The van der Waals surface area contributed by atoms with Crippen LogP contribution < -0.4 is 0 Å². The number of furan rings is 1. The third-order valence-electron chi connectivity index (χ3n) is 7.52. The van der Waals surface area contributed by atoms with Crippen LogP contribution in [0.3, 0.4) is 0 Å². The van der Waals surface area contributed by atoms with Crippen LogP contribution in [0.25, 0.3) is 55.4 Å². The van der Waals surface area contributed by atoms with Gasteiger partial charge in [0.25, 0.3) is 0 Å². The summed E-state index contributed by atoms with van der Waals surface area (Å²) in [5.41, 5.74) is 7.41. The van der Waals surface area contributed by atoms with E-state index in [0.29, 0.717) is 11.5 Å². The van der Waals surface area contributed by atoms with Gasteiger partial charge in [0, 0.05) is 22.5 Å². The summed E-state index contributed by atoms with van der Waals surface area (Å²) in [6, 6.07) is 25.7. The van der Waals surface area contributed by atoms with Gasteiger partial charge in [-0.2, -0.15) is 0 Å². The molecule has 5 heteroatoms. The van der Waals surface area contributed by atoms with Gasteiger partial charge >= 0.3 is 0 Å². The van der Waals surface area contributed by atoms with Crippen molar-refractivity contribution in [2.45, 2.75) is 32.6 Å². The van der Waals surface area contributed by atoms with E-state index in [9.17, 15) is 13.2 Å². The van der Waals surface area contributed by atoms with Crippen molar-refractivity contribution in [1.82, 2.24) is 4.98 Å². The number of hydrogen-bond acceptors (Lipinski definition) is 2. The van der Waals surface area contributed by atoms with Crippen LogP contribution in [-0.4, -0.2) is 4.98 Å². The zero-order valence-electron chi connectivity index (χ0n) is 21.6. The lowest BCUT2D eigenvalue weighted by Gasteiger charge is -2.13. The Balaban J connectivity index is 1.38. The summed E-state index contributed by atoms with van der Waals surface area (Å²) in [6.45, 7) is 4.43. The van der Waals surface area contributed by atoms with Crippen molar-refractivity contribution in [1.29, 1.82) is 0 Å². The van der Waals surface area contributed by atoms with Gasteiger partial charge in [-0.3, -0.25) is 4.98 Å². The number of hydrogen-bond donors (Lipinski definition) is 0. The molecule has 2 heterocycles. The van der Waals surface area contributed by atoms with Gasteiger partial charge in [-0.15, -0.1) is 0 Å². The topological polar surface area (TPSA) is 26.0 Å². The van der Waals surface area contributed by atoms with Crippen molar-refractivity contribution in [2.24, 2.45) is 0 Å². The average molecular weight is 522 g/mol. The molecule has 2 nitrogen and oxygen atoms in total. The van der Waals surface area contributed by atoms with Gasteiger partial charge in [0.2, 0.25) is 0 Å². The molecular formula is C34H26F3NO. The predicted octanol–water partition coefficient (Wildman–Crippen LogP) is 10.3. The summed E-state index contributed by atoms with van der Waals surface area (Å²) in [4.78, 5) is 4.64. The Morgan fingerprint density at radius 3 is 2.08 bits per heavy atom. The molecule has 39 heavy (non-hydrogen) atoms. The van der Waals surface area contributed by atoms with E-state index in [1.54, 1.807) is 6.07 Å². The van der Waals surface area contributed by atoms with E-state index in [1.165, 1.54) is 5.56 Å². The van der Waals surface area contributed by atoms with Gasteiger partial charge in [-0.1, -0.05) is 38.1 Å². The number of fused-ring (bicyclic) bond motifs is 3. The molecule has 0 radical (unpaired) electrons. The largest absolute Gasteiger partial charge is 0.456 e. The first kappa shape index (κ1) is 24.9. The standard InChI is InChI=1S/C34H26F3NO/c1-3-20(4-2)24-12-13-38-31(18-24)25-9-11-32-28(15-25)27-10-8-23(19-33(27)39-32)21-6-5-7-22(14-21)26-16-29(35)34(37)30(36)17-26/h5-20H,3-4H2,1-2H3. The number of rotatable bonds is 6. The SMILES string of the molecule is CCC(CC)c1ccnc(-c2ccc3oc4cc(-c5cccc(-c6cc(F)c(F)c(F)c6)c5)ccc4c3c2)c1. The number of halogens is 3. The van der Waals surface area contributed by atoms with Gasteiger partial charge in [0.05, 0.1) is 5.69 Å². The van der Waals surface area contributed by atoms with E-state index in [1.807, 2.05) is 54.7 Å². The molecule has 0 aliphatic heterocycles. The van der Waals surface area contributed by atoms with Crippen LogP contribution in [0.4, 0.5) is 13.2 Å². The Kier molecular flexibility index (Phi) is 6.43. The van der Waals surface area contributed by atoms with E-state index < -0.39 is 17.5 Å². The number of nitrogens with zero attached hydrogens (tertiary/aromatic N) is 1. The Hall–Kier alpha value is -4.38. The van der Waals surface area contributed by atoms with Gasteiger partial charge in [0.1, 0.15) is 11.2 Å². The van der Waals surface area contributed by atoms with E-state index in [-0.39, 0.29) is 5.56 Å². The second-order valence-corrected chi connectivity index (χ2v) is 9.85.